The van der Waals surface area contributed by atoms with Gasteiger partial charge in [-0.3, -0.25) is 4.79 Å². The molecule has 0 bridgehead atoms. The molecule has 0 atom stereocenters. The molecule has 1 fully saturated rings. The van der Waals surface area contributed by atoms with Crippen LogP contribution in [0.4, 0.5) is 5.69 Å². The first-order valence-corrected chi connectivity index (χ1v) is 9.80. The summed E-state index contributed by atoms with van der Waals surface area (Å²) in [4.78, 5) is 21.5. The quantitative estimate of drug-likeness (QED) is 0.664. The predicted octanol–water partition coefficient (Wildman–Crippen LogP) is 2.42. The lowest BCUT2D eigenvalue weighted by atomic mass is 9.96. The van der Waals surface area contributed by atoms with Gasteiger partial charge < -0.3 is 14.5 Å². The van der Waals surface area contributed by atoms with E-state index in [0.717, 1.165) is 32.7 Å². The number of carbonyl (C=O) groups is 1. The van der Waals surface area contributed by atoms with Crippen LogP contribution in [0, 0.1) is 0 Å². The van der Waals surface area contributed by atoms with Gasteiger partial charge in [-0.1, -0.05) is 23.7 Å². The van der Waals surface area contributed by atoms with E-state index in [1.54, 1.807) is 23.0 Å². The van der Waals surface area contributed by atoms with Gasteiger partial charge in [-0.25, -0.2) is 9.50 Å². The SMILES string of the molecule is O=C(c1cc2ncc(Cl)cn2n1)N1CCc2c(cccc2N2CCOCC2)C1. The molecule has 0 N–H and O–H groups in total. The van der Waals surface area contributed by atoms with Crippen molar-refractivity contribution in [1.82, 2.24) is 19.5 Å². The van der Waals surface area contributed by atoms with Gasteiger partial charge in [-0.2, -0.15) is 5.10 Å². The summed E-state index contributed by atoms with van der Waals surface area (Å²) in [5, 5.41) is 4.84. The molecule has 1 saturated heterocycles. The first-order chi connectivity index (χ1) is 13.7. The first kappa shape index (κ1) is 17.5. The highest BCUT2D eigenvalue weighted by Gasteiger charge is 2.26. The molecule has 1 amide bonds. The number of fused-ring (bicyclic) bond motifs is 2. The highest BCUT2D eigenvalue weighted by molar-refractivity contribution is 6.30. The van der Waals surface area contributed by atoms with Crippen molar-refractivity contribution in [1.29, 1.82) is 0 Å². The summed E-state index contributed by atoms with van der Waals surface area (Å²) in [6.07, 6.45) is 4.05. The Bertz CT molecular complexity index is 1040. The Morgan fingerprint density at radius 2 is 2.04 bits per heavy atom. The monoisotopic (exact) mass is 397 g/mol. The summed E-state index contributed by atoms with van der Waals surface area (Å²) in [5.41, 5.74) is 4.83. The topological polar surface area (TPSA) is 63.0 Å². The third-order valence-electron chi connectivity index (χ3n) is 5.38. The first-order valence-electron chi connectivity index (χ1n) is 9.43. The van der Waals surface area contributed by atoms with Crippen LogP contribution in [0.15, 0.2) is 36.7 Å². The number of amides is 1. The Morgan fingerprint density at radius 1 is 1.18 bits per heavy atom. The molecule has 0 unspecified atom stereocenters. The zero-order chi connectivity index (χ0) is 19.1. The Hall–Kier alpha value is -2.64. The lowest BCUT2D eigenvalue weighted by Crippen LogP contribution is -2.39. The van der Waals surface area contributed by atoms with E-state index in [-0.39, 0.29) is 5.91 Å². The molecule has 0 spiro atoms. The van der Waals surface area contributed by atoms with Crippen LogP contribution in [0.3, 0.4) is 0 Å². The normalized spacial score (nSPS) is 17.0. The maximum Gasteiger partial charge on any atom is 0.274 e. The average molecular weight is 398 g/mol. The fourth-order valence-electron chi connectivity index (χ4n) is 3.98. The zero-order valence-corrected chi connectivity index (χ0v) is 16.1. The molecule has 5 rings (SSSR count). The summed E-state index contributed by atoms with van der Waals surface area (Å²) in [5.74, 6) is -0.0796. The molecular weight excluding hydrogens is 378 g/mol. The van der Waals surface area contributed by atoms with Gasteiger partial charge in [0.2, 0.25) is 0 Å². The standard InChI is InChI=1S/C20H20ClN5O2/c21-15-11-22-19-10-17(23-26(19)13-15)20(27)25-5-4-16-14(12-25)2-1-3-18(16)24-6-8-28-9-7-24/h1-3,10-11,13H,4-9,12H2. The number of aromatic nitrogens is 3. The lowest BCUT2D eigenvalue weighted by molar-refractivity contribution is 0.0728. The van der Waals surface area contributed by atoms with E-state index in [1.165, 1.54) is 16.8 Å². The van der Waals surface area contributed by atoms with Crippen molar-refractivity contribution >= 4 is 28.8 Å². The Labute approximate surface area is 167 Å². The number of halogens is 1. The highest BCUT2D eigenvalue weighted by atomic mass is 35.5. The lowest BCUT2D eigenvalue weighted by Gasteiger charge is -2.35. The van der Waals surface area contributed by atoms with Crippen LogP contribution >= 0.6 is 11.6 Å². The Kier molecular flexibility index (Phi) is 4.41. The van der Waals surface area contributed by atoms with E-state index in [2.05, 4.69) is 33.2 Å². The second-order valence-electron chi connectivity index (χ2n) is 7.10. The molecule has 2 aliphatic heterocycles. The largest absolute Gasteiger partial charge is 0.378 e. The van der Waals surface area contributed by atoms with Crippen molar-refractivity contribution in [3.05, 3.63) is 58.5 Å². The Balaban J connectivity index is 1.39. The van der Waals surface area contributed by atoms with Crippen LogP contribution in [0.1, 0.15) is 21.6 Å². The Morgan fingerprint density at radius 3 is 2.89 bits per heavy atom. The summed E-state index contributed by atoms with van der Waals surface area (Å²) >= 11 is 5.96. The minimum absolute atomic E-state index is 0.0796. The second kappa shape index (κ2) is 7.07. The fraction of sp³-hybridized carbons (Fsp3) is 0.350. The summed E-state index contributed by atoms with van der Waals surface area (Å²) < 4.78 is 7.02. The minimum atomic E-state index is -0.0796. The van der Waals surface area contributed by atoms with E-state index >= 15 is 0 Å². The molecule has 8 heteroatoms. The van der Waals surface area contributed by atoms with Crippen LogP contribution in [0.5, 0.6) is 0 Å². The fourth-order valence-corrected chi connectivity index (χ4v) is 4.12. The number of morpholine rings is 1. The third kappa shape index (κ3) is 3.10. The van der Waals surface area contributed by atoms with Crippen LogP contribution in [-0.4, -0.2) is 58.3 Å². The molecule has 4 heterocycles. The van der Waals surface area contributed by atoms with Crippen molar-refractivity contribution in [3.63, 3.8) is 0 Å². The number of hydrogen-bond acceptors (Lipinski definition) is 5. The van der Waals surface area contributed by atoms with E-state index in [0.29, 0.717) is 29.5 Å². The number of hydrogen-bond donors (Lipinski definition) is 0. The summed E-state index contributed by atoms with van der Waals surface area (Å²) in [6.45, 7) is 4.62. The van der Waals surface area contributed by atoms with Gasteiger partial charge in [-0.15, -0.1) is 0 Å². The van der Waals surface area contributed by atoms with Crippen LogP contribution < -0.4 is 4.90 Å². The van der Waals surface area contributed by atoms with E-state index in [4.69, 9.17) is 16.3 Å². The molecule has 144 valence electrons. The van der Waals surface area contributed by atoms with E-state index in [9.17, 15) is 4.79 Å². The maximum atomic E-state index is 13.0. The van der Waals surface area contributed by atoms with Crippen molar-refractivity contribution in [2.45, 2.75) is 13.0 Å². The average Bonchev–Trinajstić information content (AvgIpc) is 3.16. The van der Waals surface area contributed by atoms with Crippen LogP contribution in [0.25, 0.3) is 5.65 Å². The molecule has 28 heavy (non-hydrogen) atoms. The number of nitrogens with zero attached hydrogens (tertiary/aromatic N) is 5. The smallest absolute Gasteiger partial charge is 0.274 e. The van der Waals surface area contributed by atoms with Gasteiger partial charge in [-0.05, 0) is 23.6 Å². The number of rotatable bonds is 2. The molecule has 7 nitrogen and oxygen atoms in total. The number of anilines is 1. The summed E-state index contributed by atoms with van der Waals surface area (Å²) in [7, 11) is 0. The van der Waals surface area contributed by atoms with Crippen LogP contribution in [-0.2, 0) is 17.7 Å². The van der Waals surface area contributed by atoms with Crippen molar-refractivity contribution in [2.75, 3.05) is 37.7 Å². The van der Waals surface area contributed by atoms with E-state index in [1.807, 2.05) is 4.90 Å². The van der Waals surface area contributed by atoms with Crippen molar-refractivity contribution in [2.24, 2.45) is 0 Å². The number of ether oxygens (including phenoxy) is 1. The van der Waals surface area contributed by atoms with Gasteiger partial charge in [0.05, 0.1) is 24.4 Å². The van der Waals surface area contributed by atoms with Gasteiger partial charge in [0.1, 0.15) is 0 Å². The molecule has 1 aromatic carbocycles. The van der Waals surface area contributed by atoms with Crippen molar-refractivity contribution in [3.8, 4) is 0 Å². The predicted molar refractivity (Wildman–Crippen MR) is 106 cm³/mol. The van der Waals surface area contributed by atoms with Crippen LogP contribution in [0.2, 0.25) is 5.02 Å². The highest BCUT2D eigenvalue weighted by Crippen LogP contribution is 2.30. The van der Waals surface area contributed by atoms with Gasteiger partial charge in [0.25, 0.3) is 5.91 Å². The van der Waals surface area contributed by atoms with Gasteiger partial charge in [0.15, 0.2) is 11.3 Å². The zero-order valence-electron chi connectivity index (χ0n) is 15.3. The second-order valence-corrected chi connectivity index (χ2v) is 7.53. The van der Waals surface area contributed by atoms with Gasteiger partial charge in [0, 0.05) is 44.1 Å². The number of benzene rings is 1. The minimum Gasteiger partial charge on any atom is -0.378 e. The molecule has 0 aliphatic carbocycles. The molecule has 2 aromatic heterocycles. The molecule has 0 saturated carbocycles. The molecular formula is C20H20ClN5O2. The van der Waals surface area contributed by atoms with Crippen molar-refractivity contribution < 1.29 is 9.53 Å². The number of carbonyl (C=O) groups excluding carboxylic acids is 1. The van der Waals surface area contributed by atoms with Gasteiger partial charge >= 0.3 is 0 Å². The molecule has 3 aromatic rings. The third-order valence-corrected chi connectivity index (χ3v) is 5.58. The maximum absolute atomic E-state index is 13.0. The molecule has 2 aliphatic rings. The van der Waals surface area contributed by atoms with E-state index < -0.39 is 0 Å². The summed E-state index contributed by atoms with van der Waals surface area (Å²) in [6, 6.07) is 8.08. The molecule has 0 radical (unpaired) electrons.